The van der Waals surface area contributed by atoms with Gasteiger partial charge in [-0.25, -0.2) is 9.97 Å². The minimum atomic E-state index is -0.799. The smallest absolute Gasteiger partial charge is 0.262 e. The first-order valence-electron chi connectivity index (χ1n) is 21.1. The van der Waals surface area contributed by atoms with Gasteiger partial charge in [0.1, 0.15) is 29.6 Å². The molecule has 4 aliphatic heterocycles. The normalized spacial score (nSPS) is 20.7. The van der Waals surface area contributed by atoms with E-state index in [-0.39, 0.29) is 17.9 Å². The fraction of sp³-hybridized carbons (Fsp3) is 0.500. The van der Waals surface area contributed by atoms with Crippen LogP contribution in [0.1, 0.15) is 67.2 Å². The molecule has 3 saturated heterocycles. The molecule has 15 nitrogen and oxygen atoms in total. The van der Waals surface area contributed by atoms with E-state index in [1.165, 1.54) is 0 Å². The fourth-order valence-corrected chi connectivity index (χ4v) is 8.90. The van der Waals surface area contributed by atoms with Crippen molar-refractivity contribution in [1.82, 2.24) is 45.1 Å². The van der Waals surface area contributed by atoms with E-state index < -0.39 is 11.9 Å². The van der Waals surface area contributed by atoms with E-state index in [0.717, 1.165) is 129 Å². The summed E-state index contributed by atoms with van der Waals surface area (Å²) in [6.45, 7) is 20.8. The molecule has 3 fully saturated rings. The van der Waals surface area contributed by atoms with Gasteiger partial charge in [-0.3, -0.25) is 34.2 Å². The first kappa shape index (κ1) is 40.4. The number of nitrogens with zero attached hydrogens (tertiary/aromatic N) is 9. The number of ether oxygens (including phenoxy) is 1. The van der Waals surface area contributed by atoms with Crippen molar-refractivity contribution in [3.05, 3.63) is 72.2 Å². The second-order valence-corrected chi connectivity index (χ2v) is 16.7. The van der Waals surface area contributed by atoms with Crippen molar-refractivity contribution in [3.63, 3.8) is 0 Å². The van der Waals surface area contributed by atoms with Crippen molar-refractivity contribution < 1.29 is 19.1 Å². The second-order valence-electron chi connectivity index (χ2n) is 16.7. The van der Waals surface area contributed by atoms with Crippen molar-refractivity contribution >= 4 is 40.1 Å². The highest BCUT2D eigenvalue weighted by atomic mass is 16.5. The molecule has 2 aromatic heterocycles. The number of aromatic nitrogens is 4. The summed E-state index contributed by atoms with van der Waals surface area (Å²) in [6, 6.07) is 13.2. The molecule has 0 spiro atoms. The lowest BCUT2D eigenvalue weighted by atomic mass is 10.0. The third-order valence-corrected chi connectivity index (χ3v) is 12.2. The quantitative estimate of drug-likeness (QED) is 0.176. The molecule has 6 heterocycles. The Bertz CT molecular complexity index is 2200. The molecular formula is C44H57N11O4. The van der Waals surface area contributed by atoms with Crippen molar-refractivity contribution in [3.8, 4) is 17.1 Å². The van der Waals surface area contributed by atoms with Gasteiger partial charge in [-0.1, -0.05) is 6.58 Å². The molecule has 8 rings (SSSR count). The van der Waals surface area contributed by atoms with Crippen LogP contribution in [-0.2, 0) is 4.79 Å². The van der Waals surface area contributed by atoms with Gasteiger partial charge < -0.3 is 24.8 Å². The third kappa shape index (κ3) is 8.82. The Morgan fingerprint density at radius 3 is 2.42 bits per heavy atom. The Balaban J connectivity index is 0.742. The van der Waals surface area contributed by atoms with E-state index in [9.17, 15) is 14.4 Å². The number of rotatable bonds is 14. The van der Waals surface area contributed by atoms with Crippen LogP contribution in [0.15, 0.2) is 61.1 Å². The molecule has 0 aliphatic carbocycles. The Labute approximate surface area is 346 Å². The van der Waals surface area contributed by atoms with Crippen LogP contribution >= 0.6 is 0 Å². The number of piperidine rings is 1. The van der Waals surface area contributed by atoms with E-state index >= 15 is 0 Å². The summed E-state index contributed by atoms with van der Waals surface area (Å²) < 4.78 is 5.93. The van der Waals surface area contributed by atoms with E-state index in [2.05, 4.69) is 76.6 Å². The third-order valence-electron chi connectivity index (χ3n) is 12.2. The number of imide groups is 1. The Morgan fingerprint density at radius 2 is 1.66 bits per heavy atom. The lowest BCUT2D eigenvalue weighted by molar-refractivity contribution is -0.125. The highest BCUT2D eigenvalue weighted by Crippen LogP contribution is 2.33. The molecule has 0 saturated carbocycles. The molecule has 4 aliphatic rings. The predicted octanol–water partition coefficient (Wildman–Crippen LogP) is 4.24. The van der Waals surface area contributed by atoms with Crippen LogP contribution in [0, 0.1) is 0 Å². The maximum Gasteiger partial charge on any atom is 0.262 e. The minimum absolute atomic E-state index is 0.0908. The van der Waals surface area contributed by atoms with Gasteiger partial charge in [-0.15, -0.1) is 0 Å². The van der Waals surface area contributed by atoms with Crippen LogP contribution in [0.2, 0.25) is 0 Å². The van der Waals surface area contributed by atoms with Gasteiger partial charge in [-0.05, 0) is 116 Å². The Morgan fingerprint density at radius 1 is 0.898 bits per heavy atom. The van der Waals surface area contributed by atoms with Crippen LogP contribution < -0.4 is 19.9 Å². The number of H-pyrrole nitrogens is 1. The zero-order valence-electron chi connectivity index (χ0n) is 34.8. The number of nitrogens with one attached hydrogen (secondary N) is 2. The maximum atomic E-state index is 13.4. The number of piperazine rings is 2. The zero-order chi connectivity index (χ0) is 41.2. The molecule has 0 bridgehead atoms. The Kier molecular flexibility index (Phi) is 12.0. The molecule has 1 unspecified atom stereocenters. The van der Waals surface area contributed by atoms with Gasteiger partial charge in [0.05, 0.1) is 28.4 Å². The topological polar surface area (TPSA) is 146 Å². The van der Waals surface area contributed by atoms with E-state index in [4.69, 9.17) is 4.74 Å². The molecule has 2 atom stereocenters. The summed E-state index contributed by atoms with van der Waals surface area (Å²) in [6.07, 6.45) is 4.92. The largest absolute Gasteiger partial charge is 0.491 e. The minimum Gasteiger partial charge on any atom is -0.491 e. The van der Waals surface area contributed by atoms with Crippen LogP contribution in [-0.4, -0.2) is 155 Å². The van der Waals surface area contributed by atoms with Crippen LogP contribution in [0.4, 0.5) is 11.5 Å². The van der Waals surface area contributed by atoms with Gasteiger partial charge >= 0.3 is 0 Å². The summed E-state index contributed by atoms with van der Waals surface area (Å²) in [5.74, 6) is 0.615. The summed E-state index contributed by atoms with van der Waals surface area (Å²) >= 11 is 0. The molecule has 2 aromatic carbocycles. The summed E-state index contributed by atoms with van der Waals surface area (Å²) in [5.41, 5.74) is 4.86. The first-order valence-corrected chi connectivity index (χ1v) is 21.1. The number of allylic oxidation sites excluding steroid dienone is 1. The molecule has 2 N–H and O–H groups in total. The average Bonchev–Trinajstić information content (AvgIpc) is 3.75. The number of carbonyl (C=O) groups excluding carboxylic acids is 3. The first-order chi connectivity index (χ1) is 28.5. The number of fused-ring (bicyclic) bond motifs is 2. The van der Waals surface area contributed by atoms with E-state index in [1.54, 1.807) is 12.4 Å². The lowest BCUT2D eigenvalue weighted by Gasteiger charge is -2.40. The van der Waals surface area contributed by atoms with Gasteiger partial charge in [-0.2, -0.15) is 5.10 Å². The molecule has 312 valence electrons. The van der Waals surface area contributed by atoms with Crippen LogP contribution in [0.25, 0.3) is 22.3 Å². The van der Waals surface area contributed by atoms with Crippen molar-refractivity contribution in [2.45, 2.75) is 64.6 Å². The molecule has 59 heavy (non-hydrogen) atoms. The van der Waals surface area contributed by atoms with Gasteiger partial charge in [0, 0.05) is 74.7 Å². The van der Waals surface area contributed by atoms with E-state index in [1.807, 2.05) is 44.2 Å². The molecule has 15 heteroatoms. The number of carbonyl (C=O) groups is 3. The van der Waals surface area contributed by atoms with Crippen molar-refractivity contribution in [1.29, 1.82) is 0 Å². The summed E-state index contributed by atoms with van der Waals surface area (Å²) in [7, 11) is 2.23. The molecule has 3 amide bonds. The fourth-order valence-electron chi connectivity index (χ4n) is 8.90. The second kappa shape index (κ2) is 17.5. The predicted molar refractivity (Wildman–Crippen MR) is 229 cm³/mol. The molecule has 0 radical (unpaired) electrons. The van der Waals surface area contributed by atoms with Crippen LogP contribution in [0.5, 0.6) is 5.75 Å². The van der Waals surface area contributed by atoms with Gasteiger partial charge in [0.2, 0.25) is 5.91 Å². The number of aromatic amines is 1. The standard InChI is InChI=1S/C44H57N11O4/c1-29(2)59-33-10-12-37-36(25-33)41(49-48-37)38-26-40(46-28-45-38)54-23-22-52(31(4)27-54)17-7-15-50(5)14-6-16-51-18-20-53(21-19-51)32-9-11-34-35(24-32)44(58)55(43(34)57)39-13-8-30(3)47-42(39)56/h9-12,24-26,28-29,31,39H,3,6-8,13-23,27H2,1-2,4-5H3,(H,47,56)(H,48,49)/t31-,39?/m0/s1. The molecule has 4 aromatic rings. The van der Waals surface area contributed by atoms with Gasteiger partial charge in [0.25, 0.3) is 11.8 Å². The Hall–Kier alpha value is -5.38. The van der Waals surface area contributed by atoms with E-state index in [0.29, 0.717) is 35.7 Å². The highest BCUT2D eigenvalue weighted by Gasteiger charge is 2.44. The molecular weight excluding hydrogens is 747 g/mol. The number of anilines is 2. The number of hydrogen-bond acceptors (Lipinski definition) is 12. The average molecular weight is 804 g/mol. The van der Waals surface area contributed by atoms with Crippen molar-refractivity contribution in [2.75, 3.05) is 88.8 Å². The summed E-state index contributed by atoms with van der Waals surface area (Å²) in [4.78, 5) is 61.7. The summed E-state index contributed by atoms with van der Waals surface area (Å²) in [5, 5.41) is 11.4. The monoisotopic (exact) mass is 803 g/mol. The lowest BCUT2D eigenvalue weighted by Crippen LogP contribution is -2.52. The van der Waals surface area contributed by atoms with Gasteiger partial charge in [0.15, 0.2) is 0 Å². The number of hydrogen-bond donors (Lipinski definition) is 2. The maximum absolute atomic E-state index is 13.4. The number of amides is 3. The highest BCUT2D eigenvalue weighted by molar-refractivity contribution is 6.23. The van der Waals surface area contributed by atoms with Crippen molar-refractivity contribution in [2.24, 2.45) is 0 Å². The van der Waals surface area contributed by atoms with Crippen LogP contribution in [0.3, 0.4) is 0 Å². The SMILES string of the molecule is C=C1CCC(N2C(=O)c3ccc(N4CCN(CCCN(C)CCCN5CCN(c6cc(-c7n[nH]c8ccc(OC(C)C)cc78)ncn6)C[C@@H]5C)CC4)cc3C2=O)C(=O)N1. The number of benzene rings is 2. The zero-order valence-corrected chi connectivity index (χ0v) is 34.8.